The number of nitrogen functional groups attached to an aromatic ring is 1. The average Bonchev–Trinajstić information content (AvgIpc) is 2.34. The molecule has 1 aromatic rings. The van der Waals surface area contributed by atoms with Gasteiger partial charge in [0.25, 0.3) is 0 Å². The van der Waals surface area contributed by atoms with Crippen molar-refractivity contribution in [3.05, 3.63) is 23.8 Å². The minimum absolute atomic E-state index is 0.336. The second-order valence-corrected chi connectivity index (χ2v) is 5.88. The first-order valence-corrected chi connectivity index (χ1v) is 7.09. The third kappa shape index (κ3) is 2.98. The number of benzene rings is 1. The molecule has 0 aromatic heterocycles. The van der Waals surface area contributed by atoms with E-state index < -0.39 is 10.8 Å². The standard InChI is InChI=1S/C12H15N3OS/c13-8-9-1-2-12(11(14)7-9)15-10-3-5-17(16)6-4-10/h1-2,7,10,15H,3-6,14H2. The molecule has 0 atom stereocenters. The summed E-state index contributed by atoms with van der Waals surface area (Å²) in [4.78, 5) is 0. The summed E-state index contributed by atoms with van der Waals surface area (Å²) in [6.07, 6.45) is 1.82. The van der Waals surface area contributed by atoms with Gasteiger partial charge >= 0.3 is 0 Å². The number of hydrogen-bond donors (Lipinski definition) is 2. The van der Waals surface area contributed by atoms with E-state index in [4.69, 9.17) is 11.0 Å². The van der Waals surface area contributed by atoms with Gasteiger partial charge in [-0.25, -0.2) is 0 Å². The van der Waals surface area contributed by atoms with Gasteiger partial charge in [0.2, 0.25) is 0 Å². The van der Waals surface area contributed by atoms with E-state index in [1.165, 1.54) is 0 Å². The molecule has 3 N–H and O–H groups in total. The second-order valence-electron chi connectivity index (χ2n) is 4.18. The van der Waals surface area contributed by atoms with E-state index in [9.17, 15) is 4.21 Å². The molecular formula is C12H15N3OS. The Balaban J connectivity index is 2.04. The van der Waals surface area contributed by atoms with E-state index in [1.807, 2.05) is 6.07 Å². The van der Waals surface area contributed by atoms with Crippen LogP contribution in [-0.2, 0) is 10.8 Å². The van der Waals surface area contributed by atoms with Crippen LogP contribution in [0.5, 0.6) is 0 Å². The first kappa shape index (κ1) is 11.9. The van der Waals surface area contributed by atoms with Crippen LogP contribution in [0.4, 0.5) is 11.4 Å². The molecule has 90 valence electrons. The van der Waals surface area contributed by atoms with Crippen LogP contribution in [0.2, 0.25) is 0 Å². The SMILES string of the molecule is N#Cc1ccc(NC2CCS(=O)CC2)c(N)c1. The summed E-state index contributed by atoms with van der Waals surface area (Å²) in [5, 5.41) is 12.1. The van der Waals surface area contributed by atoms with Crippen LogP contribution < -0.4 is 11.1 Å². The zero-order valence-electron chi connectivity index (χ0n) is 9.48. The lowest BCUT2D eigenvalue weighted by Gasteiger charge is -2.24. The van der Waals surface area contributed by atoms with Crippen molar-refractivity contribution < 1.29 is 4.21 Å². The number of nitrogens with two attached hydrogens (primary N) is 1. The van der Waals surface area contributed by atoms with Crippen LogP contribution in [0, 0.1) is 11.3 Å². The maximum absolute atomic E-state index is 11.2. The van der Waals surface area contributed by atoms with Crippen LogP contribution >= 0.6 is 0 Å². The Morgan fingerprint density at radius 1 is 1.41 bits per heavy atom. The summed E-state index contributed by atoms with van der Waals surface area (Å²) in [5.41, 5.74) is 7.89. The first-order chi connectivity index (χ1) is 8.19. The molecule has 1 aromatic carbocycles. The van der Waals surface area contributed by atoms with Crippen LogP contribution in [0.15, 0.2) is 18.2 Å². The predicted molar refractivity (Wildman–Crippen MR) is 70.1 cm³/mol. The molecule has 17 heavy (non-hydrogen) atoms. The van der Waals surface area contributed by atoms with Crippen molar-refractivity contribution in [2.75, 3.05) is 22.6 Å². The fourth-order valence-electron chi connectivity index (χ4n) is 1.92. The molecule has 4 nitrogen and oxygen atoms in total. The molecule has 0 aliphatic carbocycles. The van der Waals surface area contributed by atoms with E-state index in [0.29, 0.717) is 17.3 Å². The zero-order valence-corrected chi connectivity index (χ0v) is 10.3. The lowest BCUT2D eigenvalue weighted by molar-refractivity contribution is 0.624. The highest BCUT2D eigenvalue weighted by atomic mass is 32.2. The first-order valence-electron chi connectivity index (χ1n) is 5.60. The highest BCUT2D eigenvalue weighted by Crippen LogP contribution is 2.23. The third-order valence-corrected chi connectivity index (χ3v) is 4.31. The Bertz CT molecular complexity index is 471. The number of anilines is 2. The largest absolute Gasteiger partial charge is 0.397 e. The summed E-state index contributed by atoms with van der Waals surface area (Å²) in [7, 11) is -0.644. The van der Waals surface area contributed by atoms with Crippen molar-refractivity contribution in [1.82, 2.24) is 0 Å². The molecule has 0 unspecified atom stereocenters. The lowest BCUT2D eigenvalue weighted by atomic mass is 10.1. The summed E-state index contributed by atoms with van der Waals surface area (Å²) in [6, 6.07) is 7.64. The minimum Gasteiger partial charge on any atom is -0.397 e. The quantitative estimate of drug-likeness (QED) is 0.778. The van der Waals surface area contributed by atoms with Gasteiger partial charge in [0.15, 0.2) is 0 Å². The summed E-state index contributed by atoms with van der Waals surface area (Å²) in [6.45, 7) is 0. The van der Waals surface area contributed by atoms with E-state index in [-0.39, 0.29) is 0 Å². The molecule has 5 heteroatoms. The highest BCUT2D eigenvalue weighted by molar-refractivity contribution is 7.85. The van der Waals surface area contributed by atoms with E-state index in [0.717, 1.165) is 30.0 Å². The molecule has 1 aliphatic heterocycles. The molecule has 0 saturated carbocycles. The smallest absolute Gasteiger partial charge is 0.0992 e. The van der Waals surface area contributed by atoms with Crippen LogP contribution in [0.25, 0.3) is 0 Å². The molecule has 2 rings (SSSR count). The molecule has 0 amide bonds. The number of hydrogen-bond acceptors (Lipinski definition) is 4. The summed E-state index contributed by atoms with van der Waals surface area (Å²) >= 11 is 0. The molecule has 1 aliphatic rings. The Morgan fingerprint density at radius 3 is 2.71 bits per heavy atom. The number of nitrogens with one attached hydrogen (secondary N) is 1. The van der Waals surface area contributed by atoms with Gasteiger partial charge in [-0.3, -0.25) is 4.21 Å². The third-order valence-electron chi connectivity index (χ3n) is 2.93. The molecule has 1 heterocycles. The summed E-state index contributed by atoms with van der Waals surface area (Å²) < 4.78 is 11.2. The lowest BCUT2D eigenvalue weighted by Crippen LogP contribution is -2.29. The Labute approximate surface area is 103 Å². The van der Waals surface area contributed by atoms with Gasteiger partial charge in [-0.1, -0.05) is 0 Å². The molecule has 0 radical (unpaired) electrons. The van der Waals surface area contributed by atoms with Gasteiger partial charge in [0, 0.05) is 28.3 Å². The monoisotopic (exact) mass is 249 g/mol. The highest BCUT2D eigenvalue weighted by Gasteiger charge is 2.18. The maximum atomic E-state index is 11.2. The van der Waals surface area contributed by atoms with E-state index in [1.54, 1.807) is 12.1 Å². The molecular weight excluding hydrogens is 234 g/mol. The van der Waals surface area contributed by atoms with Gasteiger partial charge in [-0.05, 0) is 31.0 Å². The van der Waals surface area contributed by atoms with Crippen molar-refractivity contribution in [2.45, 2.75) is 18.9 Å². The van der Waals surface area contributed by atoms with Crippen molar-refractivity contribution >= 4 is 22.2 Å². The van der Waals surface area contributed by atoms with E-state index >= 15 is 0 Å². The van der Waals surface area contributed by atoms with Crippen LogP contribution in [0.1, 0.15) is 18.4 Å². The van der Waals surface area contributed by atoms with E-state index in [2.05, 4.69) is 11.4 Å². The fraction of sp³-hybridized carbons (Fsp3) is 0.417. The zero-order chi connectivity index (χ0) is 12.3. The average molecular weight is 249 g/mol. The van der Waals surface area contributed by atoms with Crippen molar-refractivity contribution in [3.63, 3.8) is 0 Å². The van der Waals surface area contributed by atoms with Gasteiger partial charge in [-0.15, -0.1) is 0 Å². The predicted octanol–water partition coefficient (Wildman–Crippen LogP) is 1.46. The van der Waals surface area contributed by atoms with Crippen molar-refractivity contribution in [3.8, 4) is 6.07 Å². The summed E-state index contributed by atoms with van der Waals surface area (Å²) in [5.74, 6) is 1.52. The van der Waals surface area contributed by atoms with Gasteiger partial charge < -0.3 is 11.1 Å². The maximum Gasteiger partial charge on any atom is 0.0992 e. The van der Waals surface area contributed by atoms with Crippen molar-refractivity contribution in [1.29, 1.82) is 5.26 Å². The van der Waals surface area contributed by atoms with Crippen LogP contribution in [0.3, 0.4) is 0 Å². The Morgan fingerprint density at radius 2 is 2.12 bits per heavy atom. The molecule has 1 saturated heterocycles. The molecule has 0 bridgehead atoms. The molecule has 1 fully saturated rings. The Kier molecular flexibility index (Phi) is 3.64. The van der Waals surface area contributed by atoms with Gasteiger partial charge in [0.1, 0.15) is 0 Å². The fourth-order valence-corrected chi connectivity index (χ4v) is 3.22. The van der Waals surface area contributed by atoms with Gasteiger partial charge in [-0.2, -0.15) is 5.26 Å². The Hall–Kier alpha value is -1.54. The number of nitrogens with zero attached hydrogens (tertiary/aromatic N) is 1. The molecule has 0 spiro atoms. The van der Waals surface area contributed by atoms with Gasteiger partial charge in [0.05, 0.1) is 23.0 Å². The van der Waals surface area contributed by atoms with Crippen LogP contribution in [-0.4, -0.2) is 21.8 Å². The number of rotatable bonds is 2. The topological polar surface area (TPSA) is 78.9 Å². The number of nitriles is 1. The minimum atomic E-state index is -0.644. The van der Waals surface area contributed by atoms with Crippen molar-refractivity contribution in [2.24, 2.45) is 0 Å². The second kappa shape index (κ2) is 5.19. The normalized spacial score (nSPS) is 23.9.